The number of ether oxygens (including phenoxy) is 7. The second-order valence-corrected chi connectivity index (χ2v) is 22.2. The van der Waals surface area contributed by atoms with Crippen molar-refractivity contribution >= 4 is 86.2 Å². The van der Waals surface area contributed by atoms with Crippen LogP contribution in [0.5, 0.6) is 23.0 Å². The van der Waals surface area contributed by atoms with Gasteiger partial charge in [0.15, 0.2) is 0 Å². The topological polar surface area (TPSA) is 264 Å². The molecule has 0 radical (unpaired) electrons. The number of nitrogens with zero attached hydrogens (tertiary/aromatic N) is 12. The van der Waals surface area contributed by atoms with E-state index < -0.39 is 17.9 Å². The number of esters is 3. The first kappa shape index (κ1) is 75.6. The molecular weight excluding hydrogens is 1260 g/mol. The average molecular weight is 1350 g/mol. The molecular formula is C78H84N12O10. The maximum Gasteiger partial charge on any atom is 0.330 e. The van der Waals surface area contributed by atoms with Gasteiger partial charge >= 0.3 is 17.9 Å². The molecule has 516 valence electrons. The molecule has 0 N–H and O–H groups in total. The molecule has 0 heterocycles. The summed E-state index contributed by atoms with van der Waals surface area (Å²) in [7, 11) is 0. The van der Waals surface area contributed by atoms with Crippen molar-refractivity contribution in [1.29, 1.82) is 0 Å². The molecule has 0 aliphatic heterocycles. The van der Waals surface area contributed by atoms with Gasteiger partial charge in [0.1, 0.15) is 23.0 Å². The Morgan fingerprint density at radius 1 is 0.280 bits per heavy atom. The number of hydrogen-bond donors (Lipinski definition) is 0. The van der Waals surface area contributed by atoms with Gasteiger partial charge in [0.05, 0.1) is 114 Å². The van der Waals surface area contributed by atoms with Crippen LogP contribution < -0.4 is 18.9 Å². The predicted octanol–water partition coefficient (Wildman–Crippen LogP) is 23.5. The van der Waals surface area contributed by atoms with Crippen LogP contribution in [-0.2, 0) is 28.6 Å². The zero-order valence-electron chi connectivity index (χ0n) is 56.9. The van der Waals surface area contributed by atoms with Gasteiger partial charge in [-0.15, -0.1) is 0 Å². The fourth-order valence-electron chi connectivity index (χ4n) is 8.69. The Bertz CT molecular complexity index is 4030. The highest BCUT2D eigenvalue weighted by Crippen LogP contribution is 2.32. The molecule has 0 amide bonds. The zero-order chi connectivity index (χ0) is 70.6. The Kier molecular flexibility index (Phi) is 33.3. The first-order valence-corrected chi connectivity index (χ1v) is 33.1. The van der Waals surface area contributed by atoms with E-state index in [1.54, 1.807) is 0 Å². The number of carbonyl (C=O) groups is 3. The van der Waals surface area contributed by atoms with Crippen LogP contribution in [0.2, 0.25) is 0 Å². The smallest absolute Gasteiger partial charge is 0.330 e. The summed E-state index contributed by atoms with van der Waals surface area (Å²) in [6.45, 7) is 19.6. The maximum atomic E-state index is 11.0. The van der Waals surface area contributed by atoms with Crippen molar-refractivity contribution in [3.05, 3.63) is 231 Å². The second-order valence-electron chi connectivity index (χ2n) is 22.2. The number of rotatable bonds is 40. The molecule has 100 heavy (non-hydrogen) atoms. The molecule has 0 saturated heterocycles. The van der Waals surface area contributed by atoms with E-state index in [9.17, 15) is 14.4 Å². The summed E-state index contributed by atoms with van der Waals surface area (Å²) in [5.41, 5.74) is 10.4. The average Bonchev–Trinajstić information content (AvgIpc) is 0.900. The number of hydrogen-bond acceptors (Lipinski definition) is 22. The minimum absolute atomic E-state index is 0.346. The first-order chi connectivity index (χ1) is 48.9. The molecule has 8 rings (SSSR count). The maximum absolute atomic E-state index is 11.0. The molecule has 0 aliphatic rings. The number of unbranched alkanes of at least 4 members (excludes halogenated alkanes) is 7. The Balaban J connectivity index is 0.000000281. The summed E-state index contributed by atoms with van der Waals surface area (Å²) in [6, 6.07) is 55.7. The summed E-state index contributed by atoms with van der Waals surface area (Å²) < 4.78 is 37.8. The van der Waals surface area contributed by atoms with Crippen LogP contribution in [0.25, 0.3) is 0 Å². The van der Waals surface area contributed by atoms with Crippen LogP contribution >= 0.6 is 0 Å². The van der Waals surface area contributed by atoms with Gasteiger partial charge in [-0.3, -0.25) is 0 Å². The molecule has 22 nitrogen and oxygen atoms in total. The molecule has 0 spiro atoms. The highest BCUT2D eigenvalue weighted by Gasteiger charge is 2.06. The van der Waals surface area contributed by atoms with Crippen LogP contribution in [0.1, 0.15) is 88.7 Å². The number of azo groups is 6. The Hall–Kier alpha value is -11.8. The zero-order valence-corrected chi connectivity index (χ0v) is 56.9. The van der Waals surface area contributed by atoms with Crippen molar-refractivity contribution in [3.8, 4) is 23.0 Å². The molecule has 0 bridgehead atoms. The SMILES string of the molecule is C=CC(=O)OCCCCOc1ccc(N=Nc2ccc(N=Nc3ccc(N=Nc4ccc(OCCCCCCC)cc4)cc3)c(C)c2)cc1.C=CC(=O)OCCCCOc1ccc(N=Nc2ccc(N=Nc3ccc(N=Nc4ccc(OCCCCOC(=O)C=C)cc4)cc3C)cc2)cc1. The van der Waals surface area contributed by atoms with E-state index in [2.05, 4.69) is 88.0 Å². The second kappa shape index (κ2) is 44.1. The third kappa shape index (κ3) is 29.7. The van der Waals surface area contributed by atoms with E-state index in [0.29, 0.717) is 98.0 Å². The highest BCUT2D eigenvalue weighted by molar-refractivity contribution is 5.82. The first-order valence-electron chi connectivity index (χ1n) is 33.1. The fourth-order valence-corrected chi connectivity index (χ4v) is 8.69. The van der Waals surface area contributed by atoms with Gasteiger partial charge in [-0.2, -0.15) is 61.4 Å². The molecule has 0 aliphatic carbocycles. The lowest BCUT2D eigenvalue weighted by molar-refractivity contribution is -0.138. The summed E-state index contributed by atoms with van der Waals surface area (Å²) in [5.74, 6) is 1.80. The van der Waals surface area contributed by atoms with Crippen LogP contribution in [0.3, 0.4) is 0 Å². The van der Waals surface area contributed by atoms with Crippen molar-refractivity contribution in [1.82, 2.24) is 0 Å². The van der Waals surface area contributed by atoms with Gasteiger partial charge in [0.2, 0.25) is 0 Å². The number of benzene rings is 8. The van der Waals surface area contributed by atoms with E-state index in [4.69, 9.17) is 33.2 Å². The largest absolute Gasteiger partial charge is 0.494 e. The monoisotopic (exact) mass is 1350 g/mol. The number of aryl methyl sites for hydroxylation is 2. The molecule has 8 aromatic carbocycles. The van der Waals surface area contributed by atoms with Crippen molar-refractivity contribution in [2.24, 2.45) is 61.4 Å². The van der Waals surface area contributed by atoms with E-state index in [0.717, 1.165) is 114 Å². The minimum Gasteiger partial charge on any atom is -0.494 e. The van der Waals surface area contributed by atoms with Crippen molar-refractivity contribution in [2.75, 3.05) is 46.2 Å². The van der Waals surface area contributed by atoms with Crippen molar-refractivity contribution in [3.63, 3.8) is 0 Å². The predicted molar refractivity (Wildman–Crippen MR) is 388 cm³/mol. The quantitative estimate of drug-likeness (QED) is 0.0115. The molecule has 8 aromatic rings. The van der Waals surface area contributed by atoms with Gasteiger partial charge in [0, 0.05) is 18.2 Å². The molecule has 0 saturated carbocycles. The van der Waals surface area contributed by atoms with E-state index in [1.807, 2.05) is 196 Å². The van der Waals surface area contributed by atoms with E-state index in [-0.39, 0.29) is 0 Å². The van der Waals surface area contributed by atoms with Crippen molar-refractivity contribution in [2.45, 2.75) is 91.4 Å². The minimum atomic E-state index is -0.416. The third-order valence-corrected chi connectivity index (χ3v) is 14.2. The van der Waals surface area contributed by atoms with Gasteiger partial charge in [-0.1, -0.05) is 52.3 Å². The summed E-state index contributed by atoms with van der Waals surface area (Å²) in [5, 5.41) is 52.2. The van der Waals surface area contributed by atoms with Crippen LogP contribution in [-0.4, -0.2) is 64.2 Å². The Morgan fingerprint density at radius 2 is 0.490 bits per heavy atom. The number of carbonyl (C=O) groups excluding carboxylic acids is 3. The summed E-state index contributed by atoms with van der Waals surface area (Å²) in [4.78, 5) is 33.1. The lowest BCUT2D eigenvalue weighted by Crippen LogP contribution is -2.04. The van der Waals surface area contributed by atoms with Crippen LogP contribution in [0, 0.1) is 13.8 Å². The van der Waals surface area contributed by atoms with Gasteiger partial charge in [0.25, 0.3) is 0 Å². The normalized spacial score (nSPS) is 11.3. The molecule has 0 unspecified atom stereocenters. The summed E-state index contributed by atoms with van der Waals surface area (Å²) in [6.07, 6.45) is 14.0. The molecule has 22 heteroatoms. The highest BCUT2D eigenvalue weighted by atomic mass is 16.5. The Labute approximate surface area is 584 Å². The molecule has 0 fully saturated rings. The standard InChI is InChI=1S/C39H40N6O6.C39H44N6O4/c1-4-38(46)50-26-8-6-24-48-35-19-14-32(15-20-35)41-40-30-10-12-31(13-11-30)43-45-37-23-18-34(28-29(37)3)44-42-33-16-21-36(22-17-33)49-25-7-9-27-51-39(47)5-2;1-4-6-7-8-9-26-47-36-21-16-33(17-22-36)41-40-31-12-14-32(15-13-31)43-45-38-25-20-35(29-30(38)3)44-42-34-18-23-37(24-19-34)48-27-10-11-28-49-39(46)5-2/h4-5,10-23,28H,1-2,6-9,24-27H2,3H3;5,12-25,29H,2,4,6-11,26-28H2,1,3H3. The van der Waals surface area contributed by atoms with Gasteiger partial charge in [-0.25, -0.2) is 14.4 Å². The summed E-state index contributed by atoms with van der Waals surface area (Å²) >= 11 is 0. The lowest BCUT2D eigenvalue weighted by Gasteiger charge is -2.06. The van der Waals surface area contributed by atoms with E-state index in [1.165, 1.54) is 25.7 Å². The molecule has 0 aromatic heterocycles. The third-order valence-electron chi connectivity index (χ3n) is 14.2. The Morgan fingerprint density at radius 3 is 0.740 bits per heavy atom. The lowest BCUT2D eigenvalue weighted by atomic mass is 10.2. The molecule has 0 atom stereocenters. The van der Waals surface area contributed by atoms with Gasteiger partial charge in [-0.05, 0) is 252 Å². The van der Waals surface area contributed by atoms with Crippen molar-refractivity contribution < 1.29 is 47.5 Å². The fraction of sp³-hybridized carbons (Fsp3) is 0.269. The van der Waals surface area contributed by atoms with Crippen LogP contribution in [0.15, 0.2) is 281 Å². The van der Waals surface area contributed by atoms with Crippen LogP contribution in [0.4, 0.5) is 68.2 Å². The van der Waals surface area contributed by atoms with Gasteiger partial charge < -0.3 is 33.2 Å². The van der Waals surface area contributed by atoms with E-state index >= 15 is 0 Å².